The van der Waals surface area contributed by atoms with Crippen LogP contribution in [0.15, 0.2) is 18.2 Å². The minimum Gasteiger partial charge on any atom is -0.481 e. The number of hydrogen-bond acceptors (Lipinski definition) is 2. The molecule has 1 saturated carbocycles. The van der Waals surface area contributed by atoms with E-state index in [0.29, 0.717) is 11.5 Å². The lowest BCUT2D eigenvalue weighted by molar-refractivity contribution is -0.141. The highest BCUT2D eigenvalue weighted by molar-refractivity contribution is 5.75. The quantitative estimate of drug-likeness (QED) is 0.848. The fourth-order valence-corrected chi connectivity index (χ4v) is 2.28. The van der Waals surface area contributed by atoms with Gasteiger partial charge in [-0.15, -0.1) is 0 Å². The zero-order valence-corrected chi connectivity index (χ0v) is 12.8. The van der Waals surface area contributed by atoms with Gasteiger partial charge < -0.3 is 15.3 Å². The summed E-state index contributed by atoms with van der Waals surface area (Å²) in [6, 6.07) is 4.61. The van der Waals surface area contributed by atoms with Crippen molar-refractivity contribution >= 4 is 12.0 Å². The van der Waals surface area contributed by atoms with Crippen LogP contribution in [0.5, 0.6) is 0 Å². The first-order chi connectivity index (χ1) is 10.4. The molecule has 0 bridgehead atoms. The predicted molar refractivity (Wildman–Crippen MR) is 80.0 cm³/mol. The second-order valence-corrected chi connectivity index (χ2v) is 5.90. The second kappa shape index (κ2) is 6.77. The van der Waals surface area contributed by atoms with E-state index in [1.165, 1.54) is 24.9 Å². The number of amides is 2. The van der Waals surface area contributed by atoms with Gasteiger partial charge in [-0.05, 0) is 30.4 Å². The highest BCUT2D eigenvalue weighted by Crippen LogP contribution is 2.40. The Morgan fingerprint density at radius 2 is 2.14 bits per heavy atom. The summed E-state index contributed by atoms with van der Waals surface area (Å²) in [6.07, 6.45) is 2.26. The Morgan fingerprint density at radius 1 is 1.45 bits per heavy atom. The minimum atomic E-state index is -0.956. The normalized spacial score (nSPS) is 15.2. The number of carboxylic acid groups (broad SMARTS) is 1. The Morgan fingerprint density at radius 3 is 2.73 bits per heavy atom. The summed E-state index contributed by atoms with van der Waals surface area (Å²) in [7, 11) is 1.52. The van der Waals surface area contributed by atoms with Crippen LogP contribution in [0, 0.1) is 11.7 Å². The topological polar surface area (TPSA) is 69.6 Å². The number of aliphatic carboxylic acids is 1. The number of benzene rings is 1. The van der Waals surface area contributed by atoms with Crippen LogP contribution in [0.3, 0.4) is 0 Å². The minimum absolute atomic E-state index is 0.0943. The van der Waals surface area contributed by atoms with Gasteiger partial charge in [-0.1, -0.05) is 19.1 Å². The van der Waals surface area contributed by atoms with E-state index in [1.54, 1.807) is 12.1 Å². The molecule has 1 aliphatic rings. The maximum atomic E-state index is 13.8. The molecule has 1 atom stereocenters. The van der Waals surface area contributed by atoms with Crippen LogP contribution in [0.1, 0.15) is 36.8 Å². The van der Waals surface area contributed by atoms with E-state index < -0.39 is 17.9 Å². The van der Waals surface area contributed by atoms with Gasteiger partial charge in [0, 0.05) is 25.7 Å². The van der Waals surface area contributed by atoms with Crippen molar-refractivity contribution in [3.63, 3.8) is 0 Å². The summed E-state index contributed by atoms with van der Waals surface area (Å²) >= 11 is 0. The van der Waals surface area contributed by atoms with Crippen LogP contribution >= 0.6 is 0 Å². The third-order valence-corrected chi connectivity index (χ3v) is 3.86. The Bertz CT molecular complexity index is 573. The summed E-state index contributed by atoms with van der Waals surface area (Å²) < 4.78 is 13.8. The molecule has 120 valence electrons. The number of halogens is 1. The largest absolute Gasteiger partial charge is 0.481 e. The molecular weight excluding hydrogens is 287 g/mol. The number of carbonyl (C=O) groups is 2. The van der Waals surface area contributed by atoms with Crippen LogP contribution in [0.2, 0.25) is 0 Å². The number of nitrogens with zero attached hydrogens (tertiary/aromatic N) is 1. The lowest BCUT2D eigenvalue weighted by Crippen LogP contribution is -2.40. The molecule has 0 saturated heterocycles. The molecule has 2 amide bonds. The molecule has 6 heteroatoms. The summed E-state index contributed by atoms with van der Waals surface area (Å²) in [4.78, 5) is 24.0. The Kier molecular flexibility index (Phi) is 5.00. The average Bonchev–Trinajstić information content (AvgIpc) is 3.30. The van der Waals surface area contributed by atoms with E-state index in [-0.39, 0.29) is 18.9 Å². The maximum Gasteiger partial charge on any atom is 0.317 e. The van der Waals surface area contributed by atoms with Crippen molar-refractivity contribution in [3.8, 4) is 0 Å². The van der Waals surface area contributed by atoms with Gasteiger partial charge in [0.25, 0.3) is 0 Å². The third-order valence-electron chi connectivity index (χ3n) is 3.86. The van der Waals surface area contributed by atoms with Crippen molar-refractivity contribution in [2.75, 3.05) is 13.6 Å². The number of urea groups is 1. The smallest absolute Gasteiger partial charge is 0.317 e. The van der Waals surface area contributed by atoms with Crippen molar-refractivity contribution in [2.45, 2.75) is 32.2 Å². The van der Waals surface area contributed by atoms with Crippen molar-refractivity contribution < 1.29 is 19.1 Å². The molecule has 5 nitrogen and oxygen atoms in total. The van der Waals surface area contributed by atoms with Crippen molar-refractivity contribution in [2.24, 2.45) is 5.92 Å². The first-order valence-corrected chi connectivity index (χ1v) is 7.38. The lowest BCUT2D eigenvalue weighted by atomic mass is 10.1. The molecule has 0 aliphatic heterocycles. The van der Waals surface area contributed by atoms with Gasteiger partial charge in [0.05, 0.1) is 5.92 Å². The first-order valence-electron chi connectivity index (χ1n) is 7.38. The molecule has 1 fully saturated rings. The zero-order chi connectivity index (χ0) is 16.3. The van der Waals surface area contributed by atoms with Crippen LogP contribution in [0.4, 0.5) is 9.18 Å². The standard InChI is InChI=1S/C16H21FN2O3/c1-10(15(20)21)9-19(2)16(22)18-8-13-7-12(11-3-4-11)5-6-14(13)17/h5-7,10-11H,3-4,8-9H2,1-2H3,(H,18,22)(H,20,21). The van der Waals surface area contributed by atoms with E-state index in [4.69, 9.17) is 5.11 Å². The molecule has 0 spiro atoms. The predicted octanol–water partition coefficient (Wildman–Crippen LogP) is 2.57. The van der Waals surface area contributed by atoms with Crippen LogP contribution in [0.25, 0.3) is 0 Å². The number of hydrogen-bond donors (Lipinski definition) is 2. The molecule has 1 aromatic rings. The average molecular weight is 308 g/mol. The van der Waals surface area contributed by atoms with E-state index in [9.17, 15) is 14.0 Å². The maximum absolute atomic E-state index is 13.8. The van der Waals surface area contributed by atoms with Crippen molar-refractivity contribution in [1.29, 1.82) is 0 Å². The molecule has 0 aromatic heterocycles. The molecular formula is C16H21FN2O3. The van der Waals surface area contributed by atoms with Gasteiger partial charge in [-0.3, -0.25) is 4.79 Å². The van der Waals surface area contributed by atoms with E-state index in [0.717, 1.165) is 18.4 Å². The molecule has 2 rings (SSSR count). The van der Waals surface area contributed by atoms with E-state index in [1.807, 2.05) is 0 Å². The molecule has 1 aromatic carbocycles. The summed E-state index contributed by atoms with van der Waals surface area (Å²) in [5.41, 5.74) is 1.57. The Labute approximate surface area is 129 Å². The van der Waals surface area contributed by atoms with Gasteiger partial charge in [-0.2, -0.15) is 0 Å². The van der Waals surface area contributed by atoms with Crippen LogP contribution < -0.4 is 5.32 Å². The molecule has 22 heavy (non-hydrogen) atoms. The Balaban J connectivity index is 1.90. The number of carboxylic acids is 1. The fourth-order valence-electron chi connectivity index (χ4n) is 2.28. The van der Waals surface area contributed by atoms with Gasteiger partial charge in [0.2, 0.25) is 0 Å². The summed E-state index contributed by atoms with van der Waals surface area (Å²) in [5.74, 6) is -1.42. The summed E-state index contributed by atoms with van der Waals surface area (Å²) in [6.45, 7) is 1.73. The van der Waals surface area contributed by atoms with Crippen molar-refractivity contribution in [1.82, 2.24) is 10.2 Å². The van der Waals surface area contributed by atoms with E-state index in [2.05, 4.69) is 5.32 Å². The SMILES string of the molecule is CC(CN(C)C(=O)NCc1cc(C2CC2)ccc1F)C(=O)O. The lowest BCUT2D eigenvalue weighted by Gasteiger charge is -2.20. The van der Waals surface area contributed by atoms with Crippen molar-refractivity contribution in [3.05, 3.63) is 35.1 Å². The number of nitrogens with one attached hydrogen (secondary N) is 1. The van der Waals surface area contributed by atoms with Crippen LogP contribution in [-0.2, 0) is 11.3 Å². The van der Waals surface area contributed by atoms with Gasteiger partial charge in [-0.25, -0.2) is 9.18 Å². The fraction of sp³-hybridized carbons (Fsp3) is 0.500. The highest BCUT2D eigenvalue weighted by atomic mass is 19.1. The number of carbonyl (C=O) groups excluding carboxylic acids is 1. The van der Waals surface area contributed by atoms with Gasteiger partial charge in [0.1, 0.15) is 5.82 Å². The van der Waals surface area contributed by atoms with E-state index >= 15 is 0 Å². The zero-order valence-electron chi connectivity index (χ0n) is 12.8. The summed E-state index contributed by atoms with van der Waals surface area (Å²) in [5, 5.41) is 11.5. The van der Waals surface area contributed by atoms with Gasteiger partial charge >= 0.3 is 12.0 Å². The molecule has 1 unspecified atom stereocenters. The molecule has 0 heterocycles. The second-order valence-electron chi connectivity index (χ2n) is 5.90. The van der Waals surface area contributed by atoms with Crippen LogP contribution in [-0.4, -0.2) is 35.6 Å². The first kappa shape index (κ1) is 16.3. The Hall–Kier alpha value is -2.11. The third kappa shape index (κ3) is 4.19. The highest BCUT2D eigenvalue weighted by Gasteiger charge is 2.24. The molecule has 0 radical (unpaired) electrons. The van der Waals surface area contributed by atoms with Gasteiger partial charge in [0.15, 0.2) is 0 Å². The molecule has 1 aliphatic carbocycles. The monoisotopic (exact) mass is 308 g/mol. The number of rotatable bonds is 6. The molecule has 2 N–H and O–H groups in total.